The minimum atomic E-state index is -0.336. The molecule has 1 aliphatic heterocycles. The number of nitrogens with zero attached hydrogens (tertiary/aromatic N) is 3. The number of benzene rings is 1. The van der Waals surface area contributed by atoms with E-state index in [4.69, 9.17) is 16.6 Å². The lowest BCUT2D eigenvalue weighted by Gasteiger charge is -2.32. The molecule has 1 N–H and O–H groups in total. The molecule has 1 aliphatic rings. The van der Waals surface area contributed by atoms with Gasteiger partial charge in [-0.25, -0.2) is 10.1 Å². The van der Waals surface area contributed by atoms with Gasteiger partial charge in [0, 0.05) is 19.0 Å². The molecule has 0 amide bonds. The molecule has 5 nitrogen and oxygen atoms in total. The third kappa shape index (κ3) is 2.72. The van der Waals surface area contributed by atoms with Gasteiger partial charge in [-0.1, -0.05) is 23.7 Å². The van der Waals surface area contributed by atoms with Gasteiger partial charge in [-0.2, -0.15) is 5.10 Å². The number of rotatable bonds is 2. The molecule has 118 valence electrons. The molecule has 7 heteroatoms. The lowest BCUT2D eigenvalue weighted by atomic mass is 9.97. The number of aromatic amines is 1. The van der Waals surface area contributed by atoms with Gasteiger partial charge in [0.05, 0.1) is 27.1 Å². The highest BCUT2D eigenvalue weighted by Crippen LogP contribution is 2.35. The molecule has 1 fully saturated rings. The summed E-state index contributed by atoms with van der Waals surface area (Å²) in [4.78, 5) is 18.5. The van der Waals surface area contributed by atoms with Crippen LogP contribution in [0.2, 0.25) is 5.02 Å². The third-order valence-electron chi connectivity index (χ3n) is 4.27. The van der Waals surface area contributed by atoms with Gasteiger partial charge in [0.25, 0.3) is 5.56 Å². The lowest BCUT2D eigenvalue weighted by Crippen LogP contribution is -2.34. The van der Waals surface area contributed by atoms with Gasteiger partial charge in [-0.05, 0) is 25.0 Å². The number of aromatic nitrogens is 3. The normalized spacial score (nSPS) is 16.1. The number of hydrogen-bond acceptors (Lipinski definition) is 5. The molecule has 1 aromatic carbocycles. The number of nitrogens with one attached hydrogen (secondary N) is 1. The molecule has 0 bridgehead atoms. The van der Waals surface area contributed by atoms with Crippen molar-refractivity contribution in [3.05, 3.63) is 50.8 Å². The Morgan fingerprint density at radius 3 is 2.83 bits per heavy atom. The van der Waals surface area contributed by atoms with Crippen LogP contribution in [0.5, 0.6) is 0 Å². The van der Waals surface area contributed by atoms with Crippen LogP contribution in [0.15, 0.2) is 35.3 Å². The molecule has 23 heavy (non-hydrogen) atoms. The molecule has 0 unspecified atom stereocenters. The standard InChI is InChI=1S/C16H15ClN4OS/c17-14-12(9-18-20-15(14)22)21-7-5-10(6-8-21)16-19-11-3-1-2-4-13(11)23-16/h1-4,9-10H,5-8H2,(H,20,22). The Labute approximate surface area is 141 Å². The van der Waals surface area contributed by atoms with Gasteiger partial charge in [0.15, 0.2) is 0 Å². The number of halogens is 1. The number of hydrogen-bond donors (Lipinski definition) is 1. The summed E-state index contributed by atoms with van der Waals surface area (Å²) in [6.45, 7) is 1.71. The van der Waals surface area contributed by atoms with Gasteiger partial charge < -0.3 is 4.90 Å². The number of para-hydroxylation sites is 1. The van der Waals surface area contributed by atoms with E-state index in [-0.39, 0.29) is 10.6 Å². The Bertz CT molecular complexity index is 865. The highest BCUT2D eigenvalue weighted by Gasteiger charge is 2.25. The van der Waals surface area contributed by atoms with E-state index in [1.54, 1.807) is 17.5 Å². The SMILES string of the molecule is O=c1[nH]ncc(N2CCC(c3nc4ccccc4s3)CC2)c1Cl. The first-order valence-corrected chi connectivity index (χ1v) is 8.75. The Morgan fingerprint density at radius 2 is 2.04 bits per heavy atom. The van der Waals surface area contributed by atoms with Gasteiger partial charge in [0.2, 0.25) is 0 Å². The number of piperidine rings is 1. The number of H-pyrrole nitrogens is 1. The van der Waals surface area contributed by atoms with E-state index < -0.39 is 0 Å². The first-order chi connectivity index (χ1) is 11.2. The number of thiazole rings is 1. The molecular weight excluding hydrogens is 332 g/mol. The van der Waals surface area contributed by atoms with Crippen molar-refractivity contribution in [2.45, 2.75) is 18.8 Å². The van der Waals surface area contributed by atoms with E-state index in [2.05, 4.69) is 33.3 Å². The van der Waals surface area contributed by atoms with E-state index >= 15 is 0 Å². The largest absolute Gasteiger partial charge is 0.369 e. The molecule has 0 spiro atoms. The smallest absolute Gasteiger partial charge is 0.285 e. The Kier molecular flexibility index (Phi) is 3.79. The average Bonchev–Trinajstić information content (AvgIpc) is 3.02. The zero-order valence-electron chi connectivity index (χ0n) is 12.3. The molecule has 0 radical (unpaired) electrons. The van der Waals surface area contributed by atoms with Crippen molar-refractivity contribution in [1.29, 1.82) is 0 Å². The first kappa shape index (κ1) is 14.7. The molecule has 1 saturated heterocycles. The topological polar surface area (TPSA) is 61.9 Å². The fourth-order valence-corrected chi connectivity index (χ4v) is 4.37. The van der Waals surface area contributed by atoms with E-state index in [0.717, 1.165) is 37.1 Å². The summed E-state index contributed by atoms with van der Waals surface area (Å²) in [6.07, 6.45) is 3.63. The van der Waals surface area contributed by atoms with E-state index in [0.29, 0.717) is 5.92 Å². The summed E-state index contributed by atoms with van der Waals surface area (Å²) in [5.74, 6) is 0.470. The molecule has 3 aromatic rings. The summed E-state index contributed by atoms with van der Waals surface area (Å²) < 4.78 is 1.24. The highest BCUT2D eigenvalue weighted by atomic mass is 35.5. The van der Waals surface area contributed by atoms with Crippen molar-refractivity contribution in [2.75, 3.05) is 18.0 Å². The summed E-state index contributed by atoms with van der Waals surface area (Å²) in [5.41, 5.74) is 1.47. The Morgan fingerprint density at radius 1 is 1.26 bits per heavy atom. The van der Waals surface area contributed by atoms with Crippen LogP contribution in [-0.2, 0) is 0 Å². The fraction of sp³-hybridized carbons (Fsp3) is 0.312. The summed E-state index contributed by atoms with van der Waals surface area (Å²) in [6, 6.07) is 8.25. The zero-order valence-corrected chi connectivity index (χ0v) is 13.9. The van der Waals surface area contributed by atoms with Gasteiger partial charge in [0.1, 0.15) is 5.02 Å². The number of fused-ring (bicyclic) bond motifs is 1. The monoisotopic (exact) mass is 346 g/mol. The molecule has 0 atom stereocenters. The van der Waals surface area contributed by atoms with Gasteiger partial charge in [-0.3, -0.25) is 4.79 Å². The fourth-order valence-electron chi connectivity index (χ4n) is 3.03. The predicted octanol–water partition coefficient (Wildman–Crippen LogP) is 3.42. The second-order valence-corrected chi connectivity index (χ2v) is 7.12. The van der Waals surface area contributed by atoms with Gasteiger partial charge in [-0.15, -0.1) is 11.3 Å². The third-order valence-corrected chi connectivity index (χ3v) is 5.84. The quantitative estimate of drug-likeness (QED) is 0.772. The van der Waals surface area contributed by atoms with Gasteiger partial charge >= 0.3 is 0 Å². The van der Waals surface area contributed by atoms with Crippen molar-refractivity contribution in [1.82, 2.24) is 15.2 Å². The van der Waals surface area contributed by atoms with Crippen LogP contribution in [0.25, 0.3) is 10.2 Å². The highest BCUT2D eigenvalue weighted by molar-refractivity contribution is 7.18. The van der Waals surface area contributed by atoms with Crippen LogP contribution in [0, 0.1) is 0 Å². The van der Waals surface area contributed by atoms with Crippen LogP contribution in [-0.4, -0.2) is 28.3 Å². The molecule has 3 heterocycles. The van der Waals surface area contributed by atoms with E-state index in [1.165, 1.54) is 9.71 Å². The van der Waals surface area contributed by atoms with Crippen LogP contribution in [0.4, 0.5) is 5.69 Å². The summed E-state index contributed by atoms with van der Waals surface area (Å²) >= 11 is 7.88. The average molecular weight is 347 g/mol. The Hall–Kier alpha value is -1.92. The van der Waals surface area contributed by atoms with Crippen LogP contribution in [0.1, 0.15) is 23.8 Å². The maximum Gasteiger partial charge on any atom is 0.285 e. The second-order valence-electron chi connectivity index (χ2n) is 5.68. The van der Waals surface area contributed by atoms with Crippen LogP contribution in [0.3, 0.4) is 0 Å². The molecular formula is C16H15ClN4OS. The maximum absolute atomic E-state index is 11.6. The minimum absolute atomic E-state index is 0.221. The zero-order chi connectivity index (χ0) is 15.8. The molecule has 2 aromatic heterocycles. The molecule has 0 aliphatic carbocycles. The maximum atomic E-state index is 11.6. The summed E-state index contributed by atoms with van der Waals surface area (Å²) in [7, 11) is 0. The summed E-state index contributed by atoms with van der Waals surface area (Å²) in [5, 5.41) is 7.64. The minimum Gasteiger partial charge on any atom is -0.369 e. The van der Waals surface area contributed by atoms with Crippen LogP contribution >= 0.6 is 22.9 Å². The van der Waals surface area contributed by atoms with Crippen molar-refractivity contribution < 1.29 is 0 Å². The van der Waals surface area contributed by atoms with Crippen molar-refractivity contribution in [3.8, 4) is 0 Å². The van der Waals surface area contributed by atoms with Crippen LogP contribution < -0.4 is 10.5 Å². The van der Waals surface area contributed by atoms with E-state index in [1.807, 2.05) is 6.07 Å². The molecule has 0 saturated carbocycles. The van der Waals surface area contributed by atoms with Crippen molar-refractivity contribution in [2.24, 2.45) is 0 Å². The Balaban J connectivity index is 1.52. The first-order valence-electron chi connectivity index (χ1n) is 7.56. The van der Waals surface area contributed by atoms with E-state index in [9.17, 15) is 4.79 Å². The predicted molar refractivity (Wildman–Crippen MR) is 93.7 cm³/mol. The van der Waals surface area contributed by atoms with Crippen molar-refractivity contribution in [3.63, 3.8) is 0 Å². The molecule has 4 rings (SSSR count). The second kappa shape index (κ2) is 5.94. The van der Waals surface area contributed by atoms with Crippen molar-refractivity contribution >= 4 is 38.8 Å². The number of anilines is 1. The lowest BCUT2D eigenvalue weighted by molar-refractivity contribution is 0.503.